The Morgan fingerprint density at radius 2 is 2.06 bits per heavy atom. The van der Waals surface area contributed by atoms with Gasteiger partial charge < -0.3 is 10.2 Å². The molecule has 0 aromatic rings. The first-order valence-corrected chi connectivity index (χ1v) is 7.49. The Hall–Kier alpha value is -0.570. The predicted octanol–water partition coefficient (Wildman–Crippen LogP) is 2.52. The van der Waals surface area contributed by atoms with Gasteiger partial charge in [0.2, 0.25) is 5.91 Å². The molecule has 0 spiro atoms. The topological polar surface area (TPSA) is 32.3 Å². The van der Waals surface area contributed by atoms with Gasteiger partial charge in [-0.25, -0.2) is 0 Å². The molecule has 0 aromatic carbocycles. The van der Waals surface area contributed by atoms with E-state index in [1.165, 1.54) is 6.42 Å². The highest BCUT2D eigenvalue weighted by Gasteiger charge is 2.30. The van der Waals surface area contributed by atoms with Gasteiger partial charge in [-0.05, 0) is 31.2 Å². The van der Waals surface area contributed by atoms with Crippen molar-refractivity contribution in [1.29, 1.82) is 0 Å². The molecular weight excluding hydrogens is 224 g/mol. The van der Waals surface area contributed by atoms with E-state index in [0.29, 0.717) is 23.8 Å². The van der Waals surface area contributed by atoms with Crippen LogP contribution in [0.2, 0.25) is 0 Å². The van der Waals surface area contributed by atoms with E-state index in [1.807, 2.05) is 0 Å². The molecule has 1 aliphatic rings. The molecule has 1 N–H and O–H groups in total. The smallest absolute Gasteiger partial charge is 0.225 e. The quantitative estimate of drug-likeness (QED) is 0.817. The lowest BCUT2D eigenvalue weighted by molar-refractivity contribution is -0.138. The molecule has 3 nitrogen and oxygen atoms in total. The molecule has 106 valence electrons. The second kappa shape index (κ2) is 7.13. The summed E-state index contributed by atoms with van der Waals surface area (Å²) in [6, 6.07) is 0.586. The third kappa shape index (κ3) is 3.98. The van der Waals surface area contributed by atoms with Crippen LogP contribution in [0.5, 0.6) is 0 Å². The van der Waals surface area contributed by atoms with Crippen LogP contribution in [0.25, 0.3) is 0 Å². The molecule has 3 unspecified atom stereocenters. The fourth-order valence-electron chi connectivity index (χ4n) is 2.55. The van der Waals surface area contributed by atoms with Gasteiger partial charge in [0.05, 0.1) is 0 Å². The molecule has 0 saturated carbocycles. The molecule has 3 atom stereocenters. The van der Waals surface area contributed by atoms with Gasteiger partial charge in [0.15, 0.2) is 0 Å². The van der Waals surface area contributed by atoms with E-state index in [9.17, 15) is 4.79 Å². The standard InChI is InChI=1S/C15H30N2O/c1-6-8-16-14-7-9-17(10-12(14)4)15(18)13(5)11(2)3/h11-14,16H,6-10H2,1-5H3. The molecule has 1 fully saturated rings. The van der Waals surface area contributed by atoms with Gasteiger partial charge in [-0.15, -0.1) is 0 Å². The van der Waals surface area contributed by atoms with E-state index in [-0.39, 0.29) is 5.92 Å². The summed E-state index contributed by atoms with van der Waals surface area (Å²) in [5.74, 6) is 1.49. The van der Waals surface area contributed by atoms with Crippen LogP contribution in [-0.2, 0) is 4.79 Å². The molecule has 1 aliphatic heterocycles. The molecule has 0 aliphatic carbocycles. The zero-order valence-electron chi connectivity index (χ0n) is 12.7. The van der Waals surface area contributed by atoms with Crippen LogP contribution in [0.1, 0.15) is 47.5 Å². The molecule has 1 rings (SSSR count). The number of nitrogens with one attached hydrogen (secondary N) is 1. The zero-order chi connectivity index (χ0) is 13.7. The molecule has 1 saturated heterocycles. The van der Waals surface area contributed by atoms with Crippen molar-refractivity contribution in [1.82, 2.24) is 10.2 Å². The number of carbonyl (C=O) groups excluding carboxylic acids is 1. The van der Waals surface area contributed by atoms with Crippen molar-refractivity contribution in [3.8, 4) is 0 Å². The SMILES string of the molecule is CCCNC1CCN(C(=O)C(C)C(C)C)CC1C. The maximum atomic E-state index is 12.3. The summed E-state index contributed by atoms with van der Waals surface area (Å²) in [5.41, 5.74) is 0. The Morgan fingerprint density at radius 1 is 1.39 bits per heavy atom. The molecule has 3 heteroatoms. The highest BCUT2D eigenvalue weighted by molar-refractivity contribution is 5.78. The minimum Gasteiger partial charge on any atom is -0.342 e. The van der Waals surface area contributed by atoms with E-state index < -0.39 is 0 Å². The first kappa shape index (κ1) is 15.5. The summed E-state index contributed by atoms with van der Waals surface area (Å²) in [4.78, 5) is 14.4. The summed E-state index contributed by atoms with van der Waals surface area (Å²) < 4.78 is 0. The zero-order valence-corrected chi connectivity index (χ0v) is 12.7. The van der Waals surface area contributed by atoms with Crippen LogP contribution in [-0.4, -0.2) is 36.5 Å². The first-order valence-electron chi connectivity index (χ1n) is 7.49. The number of nitrogens with zero attached hydrogens (tertiary/aromatic N) is 1. The maximum absolute atomic E-state index is 12.3. The Bertz CT molecular complexity index is 265. The van der Waals surface area contributed by atoms with Crippen molar-refractivity contribution >= 4 is 5.91 Å². The van der Waals surface area contributed by atoms with Crippen LogP contribution in [0.3, 0.4) is 0 Å². The maximum Gasteiger partial charge on any atom is 0.225 e. The molecule has 0 aromatic heterocycles. The van der Waals surface area contributed by atoms with Gasteiger partial charge in [0, 0.05) is 25.0 Å². The third-order valence-corrected chi connectivity index (χ3v) is 4.26. The number of hydrogen-bond acceptors (Lipinski definition) is 2. The predicted molar refractivity (Wildman–Crippen MR) is 76.4 cm³/mol. The van der Waals surface area contributed by atoms with E-state index in [1.54, 1.807) is 0 Å². The second-order valence-corrected chi connectivity index (χ2v) is 6.14. The third-order valence-electron chi connectivity index (χ3n) is 4.26. The van der Waals surface area contributed by atoms with Crippen molar-refractivity contribution < 1.29 is 4.79 Å². The molecule has 0 bridgehead atoms. The Labute approximate surface area is 112 Å². The largest absolute Gasteiger partial charge is 0.342 e. The lowest BCUT2D eigenvalue weighted by Crippen LogP contribution is -2.51. The fourth-order valence-corrected chi connectivity index (χ4v) is 2.55. The molecule has 0 radical (unpaired) electrons. The number of likely N-dealkylation sites (tertiary alicyclic amines) is 1. The van der Waals surface area contributed by atoms with Crippen molar-refractivity contribution in [2.24, 2.45) is 17.8 Å². The van der Waals surface area contributed by atoms with Crippen molar-refractivity contribution in [2.75, 3.05) is 19.6 Å². The van der Waals surface area contributed by atoms with Gasteiger partial charge >= 0.3 is 0 Å². The summed E-state index contributed by atoms with van der Waals surface area (Å²) >= 11 is 0. The normalized spacial score (nSPS) is 26.4. The van der Waals surface area contributed by atoms with E-state index in [0.717, 1.165) is 26.1 Å². The molecular formula is C15H30N2O. The Kier molecular flexibility index (Phi) is 6.13. The highest BCUT2D eigenvalue weighted by Crippen LogP contribution is 2.21. The number of carbonyl (C=O) groups is 1. The Morgan fingerprint density at radius 3 is 2.56 bits per heavy atom. The van der Waals surface area contributed by atoms with Crippen LogP contribution >= 0.6 is 0 Å². The van der Waals surface area contributed by atoms with Crippen LogP contribution in [0.4, 0.5) is 0 Å². The highest BCUT2D eigenvalue weighted by atomic mass is 16.2. The van der Waals surface area contributed by atoms with Crippen LogP contribution < -0.4 is 5.32 Å². The van der Waals surface area contributed by atoms with Gasteiger partial charge in [-0.2, -0.15) is 0 Å². The lowest BCUT2D eigenvalue weighted by atomic mass is 9.91. The monoisotopic (exact) mass is 254 g/mol. The number of rotatable bonds is 5. The molecule has 1 heterocycles. The van der Waals surface area contributed by atoms with Gasteiger partial charge in [-0.1, -0.05) is 34.6 Å². The van der Waals surface area contributed by atoms with Gasteiger partial charge in [0.1, 0.15) is 0 Å². The van der Waals surface area contributed by atoms with Crippen LogP contribution in [0, 0.1) is 17.8 Å². The lowest BCUT2D eigenvalue weighted by Gasteiger charge is -2.39. The van der Waals surface area contributed by atoms with E-state index in [4.69, 9.17) is 0 Å². The number of piperidine rings is 1. The number of hydrogen-bond donors (Lipinski definition) is 1. The minimum atomic E-state index is 0.150. The summed E-state index contributed by atoms with van der Waals surface area (Å²) in [7, 11) is 0. The van der Waals surface area contributed by atoms with Gasteiger partial charge in [0.25, 0.3) is 0 Å². The van der Waals surface area contributed by atoms with E-state index in [2.05, 4.69) is 44.8 Å². The first-order chi connectivity index (χ1) is 8.47. The average molecular weight is 254 g/mol. The average Bonchev–Trinajstić information content (AvgIpc) is 2.35. The summed E-state index contributed by atoms with van der Waals surface area (Å²) in [5, 5.41) is 3.59. The summed E-state index contributed by atoms with van der Waals surface area (Å²) in [6.45, 7) is 13.7. The molecule has 18 heavy (non-hydrogen) atoms. The number of amides is 1. The fraction of sp³-hybridized carbons (Fsp3) is 0.933. The molecule has 1 amide bonds. The Balaban J connectivity index is 2.47. The van der Waals surface area contributed by atoms with Crippen LogP contribution in [0.15, 0.2) is 0 Å². The van der Waals surface area contributed by atoms with Gasteiger partial charge in [-0.3, -0.25) is 4.79 Å². The minimum absolute atomic E-state index is 0.150. The second-order valence-electron chi connectivity index (χ2n) is 6.14. The van der Waals surface area contributed by atoms with E-state index >= 15 is 0 Å². The van der Waals surface area contributed by atoms with Crippen molar-refractivity contribution in [2.45, 2.75) is 53.5 Å². The van der Waals surface area contributed by atoms with Crippen molar-refractivity contribution in [3.05, 3.63) is 0 Å². The van der Waals surface area contributed by atoms with Crippen molar-refractivity contribution in [3.63, 3.8) is 0 Å². The summed E-state index contributed by atoms with van der Waals surface area (Å²) in [6.07, 6.45) is 2.27.